The van der Waals surface area contributed by atoms with E-state index in [1.54, 1.807) is 22.6 Å². The topological polar surface area (TPSA) is 72.7 Å². The number of nitrogens with zero attached hydrogens (tertiary/aromatic N) is 2. The second kappa shape index (κ2) is 6.21. The minimum Gasteiger partial charge on any atom is -0.465 e. The standard InChI is InChI=1S/C16H15N3O3S/c1-10-9-23-16-18-13(7-14(20)19(10)16)8-17-12-5-3-4-11(6-12)15(21)22-2/h3-7,9,17H,8H2,1-2H3. The van der Waals surface area contributed by atoms with Crippen LogP contribution in [0.25, 0.3) is 4.96 Å². The second-order valence-electron chi connectivity index (χ2n) is 5.01. The van der Waals surface area contributed by atoms with Crippen molar-refractivity contribution >= 4 is 28.0 Å². The van der Waals surface area contributed by atoms with E-state index in [2.05, 4.69) is 10.3 Å². The van der Waals surface area contributed by atoms with Gasteiger partial charge in [0.1, 0.15) is 0 Å². The number of nitrogens with one attached hydrogen (secondary N) is 1. The van der Waals surface area contributed by atoms with Crippen LogP contribution in [0.3, 0.4) is 0 Å². The van der Waals surface area contributed by atoms with Crippen molar-refractivity contribution in [3.05, 3.63) is 63.0 Å². The lowest BCUT2D eigenvalue weighted by Gasteiger charge is -2.07. The smallest absolute Gasteiger partial charge is 0.337 e. The monoisotopic (exact) mass is 329 g/mol. The van der Waals surface area contributed by atoms with E-state index in [0.717, 1.165) is 11.4 Å². The number of hydrogen-bond donors (Lipinski definition) is 1. The quantitative estimate of drug-likeness (QED) is 0.745. The number of aryl methyl sites for hydroxylation is 1. The first kappa shape index (κ1) is 15.2. The van der Waals surface area contributed by atoms with Gasteiger partial charge in [-0.3, -0.25) is 9.20 Å². The van der Waals surface area contributed by atoms with Crippen molar-refractivity contribution in [3.63, 3.8) is 0 Å². The van der Waals surface area contributed by atoms with E-state index in [1.165, 1.54) is 24.5 Å². The molecule has 0 fully saturated rings. The molecule has 3 aromatic rings. The molecule has 2 aromatic heterocycles. The van der Waals surface area contributed by atoms with Gasteiger partial charge in [-0.25, -0.2) is 9.78 Å². The minimum absolute atomic E-state index is 0.0890. The number of carbonyl (C=O) groups is 1. The van der Waals surface area contributed by atoms with Gasteiger partial charge in [0.25, 0.3) is 5.56 Å². The molecule has 6 nitrogen and oxygen atoms in total. The van der Waals surface area contributed by atoms with Crippen molar-refractivity contribution in [3.8, 4) is 0 Å². The fraction of sp³-hybridized carbons (Fsp3) is 0.188. The zero-order valence-electron chi connectivity index (χ0n) is 12.7. The molecule has 7 heteroatoms. The van der Waals surface area contributed by atoms with Crippen LogP contribution in [0.4, 0.5) is 5.69 Å². The number of fused-ring (bicyclic) bond motifs is 1. The van der Waals surface area contributed by atoms with E-state index in [9.17, 15) is 9.59 Å². The predicted molar refractivity (Wildman–Crippen MR) is 89.2 cm³/mol. The second-order valence-corrected chi connectivity index (χ2v) is 5.84. The SMILES string of the molecule is COC(=O)c1cccc(NCc2cc(=O)n3c(C)csc3n2)c1. The molecule has 0 unspecified atom stereocenters. The van der Waals surface area contributed by atoms with Crippen LogP contribution in [0.1, 0.15) is 21.7 Å². The summed E-state index contributed by atoms with van der Waals surface area (Å²) in [7, 11) is 1.35. The Labute approximate surface area is 136 Å². The molecule has 0 saturated heterocycles. The van der Waals surface area contributed by atoms with Crippen LogP contribution >= 0.6 is 11.3 Å². The van der Waals surface area contributed by atoms with E-state index < -0.39 is 0 Å². The average molecular weight is 329 g/mol. The van der Waals surface area contributed by atoms with Gasteiger partial charge in [0, 0.05) is 22.8 Å². The number of carbonyl (C=O) groups excluding carboxylic acids is 1. The molecule has 0 amide bonds. The molecule has 0 aliphatic rings. The van der Waals surface area contributed by atoms with Crippen molar-refractivity contribution in [1.82, 2.24) is 9.38 Å². The maximum atomic E-state index is 12.1. The number of ether oxygens (including phenoxy) is 1. The molecule has 118 valence electrons. The minimum atomic E-state index is -0.388. The van der Waals surface area contributed by atoms with Crippen molar-refractivity contribution in [2.24, 2.45) is 0 Å². The Balaban J connectivity index is 1.81. The lowest BCUT2D eigenvalue weighted by atomic mass is 10.2. The number of hydrogen-bond acceptors (Lipinski definition) is 6. The van der Waals surface area contributed by atoms with Gasteiger partial charge < -0.3 is 10.1 Å². The molecule has 2 heterocycles. The normalized spacial score (nSPS) is 10.7. The van der Waals surface area contributed by atoms with Crippen molar-refractivity contribution in [1.29, 1.82) is 0 Å². The van der Waals surface area contributed by atoms with Crippen LogP contribution in [0, 0.1) is 6.92 Å². The van der Waals surface area contributed by atoms with Crippen LogP contribution in [0.15, 0.2) is 40.5 Å². The average Bonchev–Trinajstić information content (AvgIpc) is 2.94. The summed E-state index contributed by atoms with van der Waals surface area (Å²) in [5, 5.41) is 5.07. The lowest BCUT2D eigenvalue weighted by molar-refractivity contribution is 0.0601. The molecule has 0 aliphatic heterocycles. The summed E-state index contributed by atoms with van der Waals surface area (Å²) < 4.78 is 6.29. The van der Waals surface area contributed by atoms with Gasteiger partial charge in [-0.2, -0.15) is 0 Å². The van der Waals surface area contributed by atoms with Gasteiger partial charge in [0.05, 0.1) is 24.9 Å². The third-order valence-electron chi connectivity index (χ3n) is 3.39. The van der Waals surface area contributed by atoms with Gasteiger partial charge in [0.2, 0.25) is 0 Å². The van der Waals surface area contributed by atoms with Crippen LogP contribution in [-0.2, 0) is 11.3 Å². The highest BCUT2D eigenvalue weighted by atomic mass is 32.1. The molecule has 1 N–H and O–H groups in total. The van der Waals surface area contributed by atoms with E-state index in [-0.39, 0.29) is 11.5 Å². The molecule has 0 aliphatic carbocycles. The van der Waals surface area contributed by atoms with E-state index in [1.807, 2.05) is 18.4 Å². The largest absolute Gasteiger partial charge is 0.465 e. The van der Waals surface area contributed by atoms with Crippen LogP contribution in [0.5, 0.6) is 0 Å². The molecule has 23 heavy (non-hydrogen) atoms. The zero-order chi connectivity index (χ0) is 16.4. The molecule has 0 saturated carbocycles. The summed E-state index contributed by atoms with van der Waals surface area (Å²) in [6, 6.07) is 8.51. The highest BCUT2D eigenvalue weighted by Crippen LogP contribution is 2.14. The summed E-state index contributed by atoms with van der Waals surface area (Å²) in [4.78, 5) is 28.8. The molecule has 0 spiro atoms. The molecule has 0 radical (unpaired) electrons. The van der Waals surface area contributed by atoms with Crippen molar-refractivity contribution in [2.75, 3.05) is 12.4 Å². The van der Waals surface area contributed by atoms with Gasteiger partial charge in [0.15, 0.2) is 4.96 Å². The first-order chi connectivity index (χ1) is 11.1. The number of aromatic nitrogens is 2. The Bertz CT molecular complexity index is 930. The number of esters is 1. The Hall–Kier alpha value is -2.67. The van der Waals surface area contributed by atoms with Crippen LogP contribution in [0.2, 0.25) is 0 Å². The first-order valence-corrected chi connectivity index (χ1v) is 7.85. The van der Waals surface area contributed by atoms with E-state index >= 15 is 0 Å². The molecular formula is C16H15N3O3S. The highest BCUT2D eigenvalue weighted by molar-refractivity contribution is 7.15. The number of benzene rings is 1. The van der Waals surface area contributed by atoms with E-state index in [4.69, 9.17) is 4.74 Å². The molecule has 0 atom stereocenters. The maximum absolute atomic E-state index is 12.1. The van der Waals surface area contributed by atoms with Crippen LogP contribution in [-0.4, -0.2) is 22.5 Å². The summed E-state index contributed by atoms with van der Waals surface area (Å²) >= 11 is 1.44. The highest BCUT2D eigenvalue weighted by Gasteiger charge is 2.08. The molecule has 0 bridgehead atoms. The summed E-state index contributed by atoms with van der Waals surface area (Å²) in [5.74, 6) is -0.388. The van der Waals surface area contributed by atoms with Crippen LogP contribution < -0.4 is 10.9 Å². The summed E-state index contributed by atoms with van der Waals surface area (Å²) in [6.07, 6.45) is 0. The molecular weight excluding hydrogens is 314 g/mol. The predicted octanol–water partition coefficient (Wildman–Crippen LogP) is 2.46. The van der Waals surface area contributed by atoms with Gasteiger partial charge in [-0.05, 0) is 25.1 Å². The van der Waals surface area contributed by atoms with E-state index in [0.29, 0.717) is 22.8 Å². The molecule has 1 aromatic carbocycles. The lowest BCUT2D eigenvalue weighted by Crippen LogP contribution is -2.16. The third-order valence-corrected chi connectivity index (χ3v) is 4.33. The Kier molecular flexibility index (Phi) is 4.12. The maximum Gasteiger partial charge on any atom is 0.337 e. The fourth-order valence-corrected chi connectivity index (χ4v) is 3.15. The van der Waals surface area contributed by atoms with Gasteiger partial charge >= 0.3 is 5.97 Å². The number of anilines is 1. The zero-order valence-corrected chi connectivity index (χ0v) is 13.5. The summed E-state index contributed by atoms with van der Waals surface area (Å²) in [5.41, 5.74) is 2.68. The Morgan fingerprint density at radius 3 is 3.00 bits per heavy atom. The molecule has 3 rings (SSSR count). The van der Waals surface area contributed by atoms with Gasteiger partial charge in [-0.1, -0.05) is 6.07 Å². The third kappa shape index (κ3) is 3.09. The Morgan fingerprint density at radius 2 is 2.22 bits per heavy atom. The Morgan fingerprint density at radius 1 is 1.39 bits per heavy atom. The van der Waals surface area contributed by atoms with Gasteiger partial charge in [-0.15, -0.1) is 11.3 Å². The van der Waals surface area contributed by atoms with Crippen molar-refractivity contribution < 1.29 is 9.53 Å². The summed E-state index contributed by atoms with van der Waals surface area (Å²) in [6.45, 7) is 2.27. The number of thiazole rings is 1. The fourth-order valence-electron chi connectivity index (χ4n) is 2.26. The number of rotatable bonds is 4. The first-order valence-electron chi connectivity index (χ1n) is 6.97. The van der Waals surface area contributed by atoms with Crippen molar-refractivity contribution in [2.45, 2.75) is 13.5 Å². The number of methoxy groups -OCH3 is 1.